The van der Waals surface area contributed by atoms with Crippen LogP contribution in [-0.2, 0) is 12.8 Å². The molecule has 2 aliphatic rings. The van der Waals surface area contributed by atoms with Crippen molar-refractivity contribution in [1.82, 2.24) is 5.32 Å². The molecule has 3 rings (SSSR count). The molecule has 0 bridgehead atoms. The van der Waals surface area contributed by atoms with Crippen LogP contribution in [0.15, 0.2) is 24.3 Å². The number of nitrogens with one attached hydrogen (secondary N) is 1. The van der Waals surface area contributed by atoms with E-state index in [4.69, 9.17) is 5.26 Å². The van der Waals surface area contributed by atoms with Crippen LogP contribution in [0.3, 0.4) is 0 Å². The van der Waals surface area contributed by atoms with Crippen LogP contribution in [0, 0.1) is 17.2 Å². The van der Waals surface area contributed by atoms with Gasteiger partial charge in [0.2, 0.25) is 0 Å². The number of nitrogens with zero attached hydrogens (tertiary/aromatic N) is 1. The number of hydrogen-bond acceptors (Lipinski definition) is 2. The van der Waals surface area contributed by atoms with Gasteiger partial charge in [0.15, 0.2) is 0 Å². The Balaban J connectivity index is 1.65. The van der Waals surface area contributed by atoms with Crippen molar-refractivity contribution in [2.24, 2.45) is 5.92 Å². The van der Waals surface area contributed by atoms with Gasteiger partial charge in [0.1, 0.15) is 0 Å². The minimum absolute atomic E-state index is 0.238. The Morgan fingerprint density at radius 3 is 2.78 bits per heavy atom. The highest BCUT2D eigenvalue weighted by Crippen LogP contribution is 2.27. The maximum atomic E-state index is 9.13. The van der Waals surface area contributed by atoms with Gasteiger partial charge in [-0.25, -0.2) is 0 Å². The van der Waals surface area contributed by atoms with Crippen LogP contribution in [-0.4, -0.2) is 12.1 Å². The lowest BCUT2D eigenvalue weighted by molar-refractivity contribution is 0.368. The second-order valence-electron chi connectivity index (χ2n) is 5.65. The molecule has 0 saturated heterocycles. The average Bonchev–Trinajstić information content (AvgIpc) is 2.86. The predicted molar refractivity (Wildman–Crippen MR) is 72.1 cm³/mol. The van der Waals surface area contributed by atoms with Crippen LogP contribution in [0.5, 0.6) is 0 Å². The molecule has 0 heterocycles. The Labute approximate surface area is 109 Å². The zero-order valence-corrected chi connectivity index (χ0v) is 10.7. The van der Waals surface area contributed by atoms with Crippen molar-refractivity contribution in [2.75, 3.05) is 0 Å². The molecule has 2 nitrogen and oxygen atoms in total. The molecule has 0 amide bonds. The highest BCUT2D eigenvalue weighted by molar-refractivity contribution is 5.30. The zero-order chi connectivity index (χ0) is 12.4. The van der Waals surface area contributed by atoms with Crippen LogP contribution in [0.2, 0.25) is 0 Å². The van der Waals surface area contributed by atoms with Crippen LogP contribution in [0.1, 0.15) is 36.8 Å². The summed E-state index contributed by atoms with van der Waals surface area (Å²) in [4.78, 5) is 0. The summed E-state index contributed by atoms with van der Waals surface area (Å²) in [5, 5.41) is 12.9. The van der Waals surface area contributed by atoms with Gasteiger partial charge in [0.25, 0.3) is 0 Å². The molecular weight excluding hydrogens is 220 g/mol. The second kappa shape index (κ2) is 5.12. The van der Waals surface area contributed by atoms with Gasteiger partial charge in [-0.1, -0.05) is 30.7 Å². The van der Waals surface area contributed by atoms with Crippen LogP contribution in [0.4, 0.5) is 0 Å². The SMILES string of the molecule is N#CC1CCCC1NC1CCc2ccccc2C1. The van der Waals surface area contributed by atoms with Gasteiger partial charge in [0, 0.05) is 12.1 Å². The molecule has 1 aromatic carbocycles. The fourth-order valence-electron chi connectivity index (χ4n) is 3.46. The molecule has 94 valence electrons. The van der Waals surface area contributed by atoms with Crippen molar-refractivity contribution in [2.45, 2.75) is 50.6 Å². The topological polar surface area (TPSA) is 35.8 Å². The Hall–Kier alpha value is -1.33. The van der Waals surface area contributed by atoms with E-state index in [0.717, 1.165) is 12.8 Å². The largest absolute Gasteiger partial charge is 0.310 e. The molecule has 3 unspecified atom stereocenters. The maximum Gasteiger partial charge on any atom is 0.0672 e. The molecule has 1 N–H and O–H groups in total. The fourth-order valence-corrected chi connectivity index (χ4v) is 3.46. The van der Waals surface area contributed by atoms with Gasteiger partial charge in [0.05, 0.1) is 12.0 Å². The molecule has 18 heavy (non-hydrogen) atoms. The number of nitriles is 1. The van der Waals surface area contributed by atoms with E-state index in [1.54, 1.807) is 0 Å². The monoisotopic (exact) mass is 240 g/mol. The first-order valence-electron chi connectivity index (χ1n) is 7.09. The third kappa shape index (κ3) is 2.28. The summed E-state index contributed by atoms with van der Waals surface area (Å²) in [7, 11) is 0. The highest BCUT2D eigenvalue weighted by Gasteiger charge is 2.29. The van der Waals surface area contributed by atoms with E-state index < -0.39 is 0 Å². The third-order valence-corrected chi connectivity index (χ3v) is 4.48. The van der Waals surface area contributed by atoms with E-state index >= 15 is 0 Å². The van der Waals surface area contributed by atoms with Crippen molar-refractivity contribution in [1.29, 1.82) is 5.26 Å². The Morgan fingerprint density at radius 2 is 1.94 bits per heavy atom. The molecule has 1 aromatic rings. The summed E-state index contributed by atoms with van der Waals surface area (Å²) in [6, 6.07) is 12.2. The Morgan fingerprint density at radius 1 is 1.11 bits per heavy atom. The van der Waals surface area contributed by atoms with Gasteiger partial charge in [-0.3, -0.25) is 0 Å². The van der Waals surface area contributed by atoms with E-state index in [2.05, 4.69) is 35.7 Å². The summed E-state index contributed by atoms with van der Waals surface area (Å²) in [6.07, 6.45) is 6.99. The summed E-state index contributed by atoms with van der Waals surface area (Å²) < 4.78 is 0. The van der Waals surface area contributed by atoms with Crippen LogP contribution >= 0.6 is 0 Å². The third-order valence-electron chi connectivity index (χ3n) is 4.48. The van der Waals surface area contributed by atoms with Crippen molar-refractivity contribution < 1.29 is 0 Å². The Bertz CT molecular complexity index is 460. The molecular formula is C16H20N2. The van der Waals surface area contributed by atoms with E-state index in [0.29, 0.717) is 12.1 Å². The van der Waals surface area contributed by atoms with Crippen molar-refractivity contribution >= 4 is 0 Å². The van der Waals surface area contributed by atoms with E-state index in [9.17, 15) is 0 Å². The molecule has 2 aliphatic carbocycles. The zero-order valence-electron chi connectivity index (χ0n) is 10.7. The second-order valence-corrected chi connectivity index (χ2v) is 5.65. The first kappa shape index (κ1) is 11.7. The van der Waals surface area contributed by atoms with Crippen LogP contribution < -0.4 is 5.32 Å². The summed E-state index contributed by atoms with van der Waals surface area (Å²) in [5.74, 6) is 0.238. The minimum atomic E-state index is 0.238. The number of fused-ring (bicyclic) bond motifs is 1. The molecule has 3 atom stereocenters. The van der Waals surface area contributed by atoms with Crippen molar-refractivity contribution in [3.63, 3.8) is 0 Å². The quantitative estimate of drug-likeness (QED) is 0.863. The molecule has 0 aliphatic heterocycles. The number of aryl methyl sites for hydroxylation is 1. The Kier molecular flexibility index (Phi) is 3.34. The summed E-state index contributed by atoms with van der Waals surface area (Å²) in [6.45, 7) is 0. The van der Waals surface area contributed by atoms with Gasteiger partial charge in [-0.2, -0.15) is 5.26 Å². The smallest absolute Gasteiger partial charge is 0.0672 e. The van der Waals surface area contributed by atoms with E-state index in [1.807, 2.05) is 0 Å². The minimum Gasteiger partial charge on any atom is -0.310 e. The molecule has 1 fully saturated rings. The standard InChI is InChI=1S/C16H20N2/c17-11-14-6-3-7-16(14)18-15-9-8-12-4-1-2-5-13(12)10-15/h1-2,4-5,14-16,18H,3,6-10H2. The fraction of sp³-hybridized carbons (Fsp3) is 0.562. The lowest BCUT2D eigenvalue weighted by atomic mass is 9.87. The maximum absolute atomic E-state index is 9.13. The van der Waals surface area contributed by atoms with E-state index in [1.165, 1.54) is 36.8 Å². The highest BCUT2D eigenvalue weighted by atomic mass is 15.0. The normalized spacial score (nSPS) is 30.7. The number of rotatable bonds is 2. The lowest BCUT2D eigenvalue weighted by Gasteiger charge is -2.29. The van der Waals surface area contributed by atoms with Crippen molar-refractivity contribution in [3.05, 3.63) is 35.4 Å². The van der Waals surface area contributed by atoms with Crippen LogP contribution in [0.25, 0.3) is 0 Å². The predicted octanol–water partition coefficient (Wildman–Crippen LogP) is 2.83. The van der Waals surface area contributed by atoms with Gasteiger partial charge >= 0.3 is 0 Å². The van der Waals surface area contributed by atoms with Gasteiger partial charge in [-0.15, -0.1) is 0 Å². The first-order valence-corrected chi connectivity index (χ1v) is 7.09. The number of benzene rings is 1. The summed E-state index contributed by atoms with van der Waals surface area (Å²) >= 11 is 0. The lowest BCUT2D eigenvalue weighted by Crippen LogP contribution is -2.43. The molecule has 0 radical (unpaired) electrons. The van der Waals surface area contributed by atoms with Gasteiger partial charge in [-0.05, 0) is 43.2 Å². The molecule has 1 saturated carbocycles. The molecule has 0 aromatic heterocycles. The average molecular weight is 240 g/mol. The number of hydrogen-bond donors (Lipinski definition) is 1. The molecule has 0 spiro atoms. The molecule has 2 heteroatoms. The van der Waals surface area contributed by atoms with Gasteiger partial charge < -0.3 is 5.32 Å². The van der Waals surface area contributed by atoms with Crippen molar-refractivity contribution in [3.8, 4) is 6.07 Å². The first-order chi connectivity index (χ1) is 8.86. The van der Waals surface area contributed by atoms with E-state index in [-0.39, 0.29) is 5.92 Å². The summed E-state index contributed by atoms with van der Waals surface area (Å²) in [5.41, 5.74) is 3.01.